The van der Waals surface area contributed by atoms with Crippen molar-refractivity contribution in [3.63, 3.8) is 0 Å². The highest BCUT2D eigenvalue weighted by Crippen LogP contribution is 2.35. The first-order chi connectivity index (χ1) is 11.8. The summed E-state index contributed by atoms with van der Waals surface area (Å²) in [6.45, 7) is 8.92. The summed E-state index contributed by atoms with van der Waals surface area (Å²) >= 11 is 0. The van der Waals surface area contributed by atoms with Gasteiger partial charge in [0, 0.05) is 32.5 Å². The maximum atomic E-state index is 12.9. The molecule has 2 saturated heterocycles. The minimum Gasteiger partial charge on any atom is -0.347 e. The van der Waals surface area contributed by atoms with Gasteiger partial charge in [-0.15, -0.1) is 0 Å². The van der Waals surface area contributed by atoms with Gasteiger partial charge in [-0.05, 0) is 50.6 Å². The zero-order chi connectivity index (χ0) is 18.2. The third kappa shape index (κ3) is 3.71. The van der Waals surface area contributed by atoms with Crippen LogP contribution in [0, 0.1) is 19.8 Å². The molecule has 0 saturated carbocycles. The number of rotatable bonds is 3. The van der Waals surface area contributed by atoms with Gasteiger partial charge in [0.1, 0.15) is 0 Å². The molecule has 136 valence electrons. The molecule has 5 nitrogen and oxygen atoms in total. The number of likely N-dealkylation sites (tertiary alicyclic amines) is 2. The van der Waals surface area contributed by atoms with Crippen LogP contribution in [0.3, 0.4) is 0 Å². The first-order valence-corrected chi connectivity index (χ1v) is 9.10. The smallest absolute Gasteiger partial charge is 0.227 e. The van der Waals surface area contributed by atoms with Gasteiger partial charge in [0.05, 0.1) is 12.0 Å². The summed E-state index contributed by atoms with van der Waals surface area (Å²) in [6.07, 6.45) is 1.45. The molecule has 2 amide bonds. The summed E-state index contributed by atoms with van der Waals surface area (Å²) in [5.74, 6) is 0.491. The third-order valence-electron chi connectivity index (χ3n) is 5.81. The molecule has 2 heterocycles. The third-order valence-corrected chi connectivity index (χ3v) is 5.81. The normalized spacial score (nSPS) is 26.4. The van der Waals surface area contributed by atoms with Crippen molar-refractivity contribution >= 4 is 11.8 Å². The van der Waals surface area contributed by atoms with Gasteiger partial charge in [-0.2, -0.15) is 0 Å². The number of benzene rings is 1. The minimum atomic E-state index is -0.294. The lowest BCUT2D eigenvalue weighted by Crippen LogP contribution is -2.62. The molecule has 0 radical (unpaired) electrons. The summed E-state index contributed by atoms with van der Waals surface area (Å²) in [7, 11) is 2.08. The second-order valence-corrected chi connectivity index (χ2v) is 7.93. The molecular weight excluding hydrogens is 314 g/mol. The van der Waals surface area contributed by atoms with Crippen molar-refractivity contribution in [2.75, 3.05) is 33.2 Å². The Morgan fingerprint density at radius 3 is 2.68 bits per heavy atom. The van der Waals surface area contributed by atoms with E-state index in [1.54, 1.807) is 6.92 Å². The first kappa shape index (κ1) is 17.9. The molecule has 1 N–H and O–H groups in total. The Labute approximate surface area is 150 Å². The number of amides is 2. The molecule has 0 aliphatic carbocycles. The van der Waals surface area contributed by atoms with Gasteiger partial charge in [-0.3, -0.25) is 9.59 Å². The standard InChI is InChI=1S/C20H29N3O2/c1-14-5-6-17(9-15(14)2)10-19(25)23-11-18-7-8-22(4)12-20(18,13-23)21-16(3)24/h5-6,9,18H,7-8,10-13H2,1-4H3,(H,21,24)/t18-,20-/m1/s1. The second-order valence-electron chi connectivity index (χ2n) is 7.93. The Hall–Kier alpha value is -1.88. The van der Waals surface area contributed by atoms with Gasteiger partial charge in [-0.25, -0.2) is 0 Å². The molecule has 0 aromatic heterocycles. The molecule has 0 bridgehead atoms. The molecule has 2 aliphatic rings. The fourth-order valence-corrected chi connectivity index (χ4v) is 4.38. The lowest BCUT2D eigenvalue weighted by atomic mass is 9.81. The van der Waals surface area contributed by atoms with E-state index >= 15 is 0 Å². The first-order valence-electron chi connectivity index (χ1n) is 9.10. The van der Waals surface area contributed by atoms with E-state index in [9.17, 15) is 9.59 Å². The quantitative estimate of drug-likeness (QED) is 0.905. The fourth-order valence-electron chi connectivity index (χ4n) is 4.38. The number of hydrogen-bond acceptors (Lipinski definition) is 3. The molecule has 3 rings (SSSR count). The van der Waals surface area contributed by atoms with Crippen molar-refractivity contribution in [1.82, 2.24) is 15.1 Å². The molecule has 1 aromatic rings. The average molecular weight is 343 g/mol. The molecular formula is C20H29N3O2. The number of fused-ring (bicyclic) bond motifs is 1. The summed E-state index contributed by atoms with van der Waals surface area (Å²) in [6, 6.07) is 6.23. The van der Waals surface area contributed by atoms with Crippen LogP contribution in [-0.2, 0) is 16.0 Å². The Morgan fingerprint density at radius 2 is 2.00 bits per heavy atom. The Bertz CT molecular complexity index is 688. The van der Waals surface area contributed by atoms with Crippen LogP contribution in [0.25, 0.3) is 0 Å². The van der Waals surface area contributed by atoms with Gasteiger partial charge in [0.2, 0.25) is 11.8 Å². The van der Waals surface area contributed by atoms with Gasteiger partial charge in [-0.1, -0.05) is 18.2 Å². The van der Waals surface area contributed by atoms with E-state index in [-0.39, 0.29) is 17.4 Å². The van der Waals surface area contributed by atoms with Gasteiger partial charge >= 0.3 is 0 Å². The SMILES string of the molecule is CC(=O)N[C@@]12CN(C)CC[C@@H]1CN(C(=O)Cc1ccc(C)c(C)c1)C2. The van der Waals surface area contributed by atoms with Crippen LogP contribution in [0.4, 0.5) is 0 Å². The van der Waals surface area contributed by atoms with Crippen molar-refractivity contribution in [3.8, 4) is 0 Å². The lowest BCUT2D eigenvalue weighted by Gasteiger charge is -2.43. The Balaban J connectivity index is 1.73. The Morgan fingerprint density at radius 1 is 1.24 bits per heavy atom. The molecule has 2 atom stereocenters. The predicted octanol–water partition coefficient (Wildman–Crippen LogP) is 1.51. The minimum absolute atomic E-state index is 0.0104. The van der Waals surface area contributed by atoms with E-state index in [4.69, 9.17) is 0 Å². The predicted molar refractivity (Wildman–Crippen MR) is 98.4 cm³/mol. The second kappa shape index (κ2) is 6.79. The van der Waals surface area contributed by atoms with Gasteiger partial charge in [0.25, 0.3) is 0 Å². The highest BCUT2D eigenvalue weighted by Gasteiger charge is 2.50. The van der Waals surface area contributed by atoms with E-state index < -0.39 is 0 Å². The van der Waals surface area contributed by atoms with E-state index in [0.717, 1.165) is 31.6 Å². The maximum absolute atomic E-state index is 12.9. The van der Waals surface area contributed by atoms with Crippen LogP contribution in [0.1, 0.15) is 30.0 Å². The number of hydrogen-bond donors (Lipinski definition) is 1. The Kier molecular flexibility index (Phi) is 4.87. The van der Waals surface area contributed by atoms with Crippen LogP contribution in [0.15, 0.2) is 18.2 Å². The maximum Gasteiger partial charge on any atom is 0.227 e. The zero-order valence-corrected chi connectivity index (χ0v) is 15.8. The van der Waals surface area contributed by atoms with Crippen molar-refractivity contribution in [3.05, 3.63) is 34.9 Å². The number of aryl methyl sites for hydroxylation is 2. The molecule has 0 unspecified atom stereocenters. The summed E-state index contributed by atoms with van der Waals surface area (Å²) in [5, 5.41) is 3.18. The van der Waals surface area contributed by atoms with Gasteiger partial charge in [0.15, 0.2) is 0 Å². The van der Waals surface area contributed by atoms with E-state index in [0.29, 0.717) is 18.9 Å². The topological polar surface area (TPSA) is 52.7 Å². The molecule has 2 aliphatic heterocycles. The van der Waals surface area contributed by atoms with Crippen molar-refractivity contribution in [2.45, 2.75) is 39.2 Å². The number of nitrogens with one attached hydrogen (secondary N) is 1. The zero-order valence-electron chi connectivity index (χ0n) is 15.8. The highest BCUT2D eigenvalue weighted by atomic mass is 16.2. The lowest BCUT2D eigenvalue weighted by molar-refractivity contribution is -0.130. The molecule has 25 heavy (non-hydrogen) atoms. The van der Waals surface area contributed by atoms with E-state index in [2.05, 4.69) is 43.2 Å². The molecule has 5 heteroatoms. The number of carbonyl (C=O) groups excluding carboxylic acids is 2. The fraction of sp³-hybridized carbons (Fsp3) is 0.600. The van der Waals surface area contributed by atoms with Crippen molar-refractivity contribution < 1.29 is 9.59 Å². The van der Waals surface area contributed by atoms with Crippen molar-refractivity contribution in [2.24, 2.45) is 5.92 Å². The van der Waals surface area contributed by atoms with Crippen LogP contribution >= 0.6 is 0 Å². The van der Waals surface area contributed by atoms with E-state index in [1.165, 1.54) is 11.1 Å². The van der Waals surface area contributed by atoms with Crippen LogP contribution < -0.4 is 5.32 Å². The highest BCUT2D eigenvalue weighted by molar-refractivity contribution is 5.80. The van der Waals surface area contributed by atoms with Gasteiger partial charge < -0.3 is 15.1 Å². The number of piperidine rings is 1. The van der Waals surface area contributed by atoms with Crippen molar-refractivity contribution in [1.29, 1.82) is 0 Å². The van der Waals surface area contributed by atoms with E-state index in [1.807, 2.05) is 11.0 Å². The largest absolute Gasteiger partial charge is 0.347 e. The van der Waals surface area contributed by atoms with Crippen LogP contribution in [0.2, 0.25) is 0 Å². The van der Waals surface area contributed by atoms with Crippen LogP contribution in [0.5, 0.6) is 0 Å². The molecule has 2 fully saturated rings. The molecule has 0 spiro atoms. The summed E-state index contributed by atoms with van der Waals surface area (Å²) in [4.78, 5) is 28.8. The summed E-state index contributed by atoms with van der Waals surface area (Å²) < 4.78 is 0. The molecule has 1 aromatic carbocycles. The number of likely N-dealkylation sites (N-methyl/N-ethyl adjacent to an activating group) is 1. The number of carbonyl (C=O) groups is 2. The average Bonchev–Trinajstić information content (AvgIpc) is 2.88. The monoisotopic (exact) mass is 343 g/mol. The number of nitrogens with zero attached hydrogens (tertiary/aromatic N) is 2. The summed E-state index contributed by atoms with van der Waals surface area (Å²) in [5.41, 5.74) is 3.24. The van der Waals surface area contributed by atoms with Crippen LogP contribution in [-0.4, -0.2) is 60.4 Å².